The molecule has 7 heteroatoms. The molecule has 1 atom stereocenters. The van der Waals surface area contributed by atoms with Gasteiger partial charge in [-0.05, 0) is 36.7 Å². The fourth-order valence-electron chi connectivity index (χ4n) is 3.93. The van der Waals surface area contributed by atoms with E-state index >= 15 is 0 Å². The first-order valence-electron chi connectivity index (χ1n) is 10.1. The summed E-state index contributed by atoms with van der Waals surface area (Å²) in [6.07, 6.45) is 0.114. The number of hydrogen-bond donors (Lipinski definition) is 2. The number of nitrogens with one attached hydrogen (secondary N) is 1. The highest BCUT2D eigenvalue weighted by Crippen LogP contribution is 2.46. The maximum absolute atomic E-state index is 10.9. The van der Waals surface area contributed by atoms with Crippen molar-refractivity contribution in [3.63, 3.8) is 0 Å². The molecule has 0 fully saturated rings. The van der Waals surface area contributed by atoms with E-state index in [0.29, 0.717) is 10.6 Å². The Balaban J connectivity index is 1.59. The number of aliphatic hydroxyl groups excluding tert-OH is 1. The summed E-state index contributed by atoms with van der Waals surface area (Å²) >= 11 is 9.76. The minimum atomic E-state index is -0.880. The molecule has 30 heavy (non-hydrogen) atoms. The van der Waals surface area contributed by atoms with Crippen molar-refractivity contribution in [2.45, 2.75) is 26.1 Å². The Morgan fingerprint density at radius 3 is 2.77 bits per heavy atom. The number of rotatable bonds is 5. The Labute approximate surface area is 188 Å². The monoisotopic (exact) mass is 455 g/mol. The molecule has 0 aliphatic carbocycles. The lowest BCUT2D eigenvalue weighted by molar-refractivity contribution is 0.209. The third kappa shape index (κ3) is 3.63. The van der Waals surface area contributed by atoms with Gasteiger partial charge >= 0.3 is 0 Å². The number of halogens is 1. The summed E-state index contributed by atoms with van der Waals surface area (Å²) in [5, 5.41) is 16.8. The molecule has 1 aliphatic rings. The predicted molar refractivity (Wildman–Crippen MR) is 128 cm³/mol. The van der Waals surface area contributed by atoms with Crippen LogP contribution in [-0.2, 0) is 13.0 Å². The third-order valence-electron chi connectivity index (χ3n) is 5.56. The highest BCUT2D eigenvalue weighted by Gasteiger charge is 2.27. The molecule has 0 amide bonds. The molecule has 0 bridgehead atoms. The van der Waals surface area contributed by atoms with Crippen molar-refractivity contribution < 1.29 is 5.11 Å². The van der Waals surface area contributed by atoms with Gasteiger partial charge in [0.15, 0.2) is 6.23 Å². The zero-order valence-electron chi connectivity index (χ0n) is 16.6. The average Bonchev–Trinajstić information content (AvgIpc) is 3.33. The fourth-order valence-corrected chi connectivity index (χ4v) is 6.59. The number of aliphatic hydroxyl groups is 1. The number of nitrogens with zero attached hydrogens (tertiary/aromatic N) is 2. The van der Waals surface area contributed by atoms with Crippen molar-refractivity contribution in [3.8, 4) is 10.6 Å². The number of fused-ring (bicyclic) bond motifs is 2. The molecule has 3 heterocycles. The van der Waals surface area contributed by atoms with Gasteiger partial charge in [0.05, 0.1) is 10.2 Å². The Morgan fingerprint density at radius 2 is 1.97 bits per heavy atom. The Kier molecular flexibility index (Phi) is 5.52. The number of likely N-dealkylation sites (N-methyl/N-ethyl adjacent to an activating group) is 1. The molecule has 154 valence electrons. The van der Waals surface area contributed by atoms with Crippen LogP contribution in [0.5, 0.6) is 0 Å². The number of thiophene rings is 1. The topological polar surface area (TPSA) is 48.4 Å². The average molecular weight is 456 g/mol. The van der Waals surface area contributed by atoms with Gasteiger partial charge in [0, 0.05) is 34.1 Å². The van der Waals surface area contributed by atoms with Crippen LogP contribution in [0, 0.1) is 0 Å². The number of anilines is 1. The van der Waals surface area contributed by atoms with Crippen molar-refractivity contribution in [2.75, 3.05) is 18.4 Å². The van der Waals surface area contributed by atoms with E-state index in [1.54, 1.807) is 28.7 Å². The van der Waals surface area contributed by atoms with Gasteiger partial charge in [0.2, 0.25) is 0 Å². The minimum absolute atomic E-state index is 0.553. The van der Waals surface area contributed by atoms with Gasteiger partial charge in [-0.15, -0.1) is 22.7 Å². The van der Waals surface area contributed by atoms with E-state index in [-0.39, 0.29) is 0 Å². The van der Waals surface area contributed by atoms with E-state index in [1.807, 2.05) is 30.3 Å². The first-order chi connectivity index (χ1) is 14.6. The highest BCUT2D eigenvalue weighted by atomic mass is 35.5. The van der Waals surface area contributed by atoms with Gasteiger partial charge in [-0.3, -0.25) is 4.90 Å². The summed E-state index contributed by atoms with van der Waals surface area (Å²) in [5.74, 6) is 0. The molecule has 0 radical (unpaired) electrons. The quantitative estimate of drug-likeness (QED) is 0.354. The zero-order chi connectivity index (χ0) is 20.7. The molecular formula is C23H22ClN3OS2. The summed E-state index contributed by atoms with van der Waals surface area (Å²) in [5.41, 5.74) is 4.19. The summed E-state index contributed by atoms with van der Waals surface area (Å²) in [6.45, 7) is 5.23. The molecular weight excluding hydrogens is 434 g/mol. The number of hydrogen-bond acceptors (Lipinski definition) is 6. The SMILES string of the molecule is CCN1CCc2c(sc(NC(O)c3ccccc3Cl)c2-c2nc3ccccc3s2)C1. The lowest BCUT2D eigenvalue weighted by atomic mass is 10.0. The Hall–Kier alpha value is -1.96. The first-order valence-corrected chi connectivity index (χ1v) is 12.1. The van der Waals surface area contributed by atoms with Crippen molar-refractivity contribution >= 4 is 49.5 Å². The minimum Gasteiger partial charge on any atom is -0.369 e. The van der Waals surface area contributed by atoms with E-state index < -0.39 is 6.23 Å². The molecule has 1 aliphatic heterocycles. The molecule has 5 rings (SSSR count). The van der Waals surface area contributed by atoms with Crippen LogP contribution >= 0.6 is 34.3 Å². The first kappa shape index (κ1) is 20.0. The molecule has 2 aromatic heterocycles. The van der Waals surface area contributed by atoms with Gasteiger partial charge in [-0.2, -0.15) is 0 Å². The van der Waals surface area contributed by atoms with Crippen LogP contribution in [-0.4, -0.2) is 28.1 Å². The second-order valence-corrected chi connectivity index (χ2v) is 9.92. The van der Waals surface area contributed by atoms with Gasteiger partial charge < -0.3 is 10.4 Å². The fraction of sp³-hybridized carbons (Fsp3) is 0.261. The molecule has 0 spiro atoms. The molecule has 4 aromatic rings. The molecule has 1 unspecified atom stereocenters. The van der Waals surface area contributed by atoms with E-state index in [1.165, 1.54) is 15.1 Å². The van der Waals surface area contributed by atoms with Crippen LogP contribution in [0.1, 0.15) is 29.2 Å². The lowest BCUT2D eigenvalue weighted by Crippen LogP contribution is -2.29. The number of aromatic nitrogens is 1. The maximum Gasteiger partial charge on any atom is 0.152 e. The van der Waals surface area contributed by atoms with E-state index in [4.69, 9.17) is 16.6 Å². The van der Waals surface area contributed by atoms with Crippen molar-refractivity contribution in [2.24, 2.45) is 0 Å². The molecule has 0 saturated heterocycles. The molecule has 4 nitrogen and oxygen atoms in total. The summed E-state index contributed by atoms with van der Waals surface area (Å²) in [7, 11) is 0. The Bertz CT molecular complexity index is 1170. The second-order valence-electron chi connectivity index (χ2n) is 7.38. The number of thiazole rings is 1. The van der Waals surface area contributed by atoms with E-state index in [2.05, 4.69) is 29.3 Å². The van der Waals surface area contributed by atoms with Gasteiger partial charge in [0.1, 0.15) is 10.0 Å². The van der Waals surface area contributed by atoms with Crippen LogP contribution in [0.25, 0.3) is 20.8 Å². The van der Waals surface area contributed by atoms with E-state index in [9.17, 15) is 5.11 Å². The number of para-hydroxylation sites is 1. The molecule has 2 aromatic carbocycles. The third-order valence-corrected chi connectivity index (χ3v) is 8.10. The van der Waals surface area contributed by atoms with Crippen molar-refractivity contribution in [1.82, 2.24) is 9.88 Å². The van der Waals surface area contributed by atoms with Crippen LogP contribution in [0.4, 0.5) is 5.00 Å². The largest absolute Gasteiger partial charge is 0.369 e. The normalized spacial score (nSPS) is 15.3. The standard InChI is InChI=1S/C23H22ClN3OS2/c1-2-27-12-11-15-19(13-27)30-23(26-21(28)14-7-3-4-8-16(14)24)20(15)22-25-17-9-5-6-10-18(17)29-22/h3-10,21,26,28H,2,11-13H2,1H3. The molecule has 2 N–H and O–H groups in total. The van der Waals surface area contributed by atoms with Gasteiger partial charge in [-0.25, -0.2) is 4.98 Å². The van der Waals surface area contributed by atoms with Crippen LogP contribution in [0.2, 0.25) is 5.02 Å². The smallest absolute Gasteiger partial charge is 0.152 e. The second kappa shape index (κ2) is 8.29. The summed E-state index contributed by atoms with van der Waals surface area (Å²) in [6, 6.07) is 15.6. The number of benzene rings is 2. The van der Waals surface area contributed by atoms with Crippen LogP contribution in [0.3, 0.4) is 0 Å². The van der Waals surface area contributed by atoms with E-state index in [0.717, 1.165) is 47.1 Å². The van der Waals surface area contributed by atoms with Crippen molar-refractivity contribution in [3.05, 3.63) is 69.6 Å². The highest BCUT2D eigenvalue weighted by molar-refractivity contribution is 7.22. The van der Waals surface area contributed by atoms with Crippen molar-refractivity contribution in [1.29, 1.82) is 0 Å². The summed E-state index contributed by atoms with van der Waals surface area (Å²) < 4.78 is 1.18. The maximum atomic E-state index is 10.9. The Morgan fingerprint density at radius 1 is 1.17 bits per heavy atom. The predicted octanol–water partition coefficient (Wildman–Crippen LogP) is 6.16. The van der Waals surface area contributed by atoms with Gasteiger partial charge in [-0.1, -0.05) is 48.9 Å². The van der Waals surface area contributed by atoms with Crippen LogP contribution < -0.4 is 5.32 Å². The summed E-state index contributed by atoms with van der Waals surface area (Å²) in [4.78, 5) is 8.73. The molecule has 0 saturated carbocycles. The van der Waals surface area contributed by atoms with Crippen LogP contribution in [0.15, 0.2) is 48.5 Å². The lowest BCUT2D eigenvalue weighted by Gasteiger charge is -2.25. The zero-order valence-corrected chi connectivity index (χ0v) is 18.9. The van der Waals surface area contributed by atoms with Gasteiger partial charge in [0.25, 0.3) is 0 Å².